The summed E-state index contributed by atoms with van der Waals surface area (Å²) in [4.78, 5) is 0. The highest BCUT2D eigenvalue weighted by Gasteiger charge is 2.02. The molecule has 0 atom stereocenters. The molecule has 0 bridgehead atoms. The van der Waals surface area contributed by atoms with E-state index in [9.17, 15) is 0 Å². The Morgan fingerprint density at radius 1 is 1.06 bits per heavy atom. The zero-order chi connectivity index (χ0) is 13.4. The summed E-state index contributed by atoms with van der Waals surface area (Å²) >= 11 is 0. The molecule has 1 aromatic carbocycles. The zero-order valence-electron chi connectivity index (χ0n) is 11.4. The molecule has 0 unspecified atom stereocenters. The van der Waals surface area contributed by atoms with Crippen molar-refractivity contribution >= 4 is 11.6 Å². The molecule has 18 heavy (non-hydrogen) atoms. The van der Waals surface area contributed by atoms with Crippen LogP contribution in [-0.2, 0) is 0 Å². The maximum Gasteiger partial charge on any atom is -0.0152 e. The van der Waals surface area contributed by atoms with Crippen LogP contribution in [-0.4, -0.2) is 0 Å². The first kappa shape index (κ1) is 14.2. The van der Waals surface area contributed by atoms with Gasteiger partial charge in [-0.25, -0.2) is 0 Å². The van der Waals surface area contributed by atoms with Gasteiger partial charge in [0.1, 0.15) is 0 Å². The number of hydrogen-bond donors (Lipinski definition) is 0. The highest BCUT2D eigenvalue weighted by Crippen LogP contribution is 2.23. The lowest BCUT2D eigenvalue weighted by atomic mass is 9.97. The Hall–Kier alpha value is -1.82. The van der Waals surface area contributed by atoms with E-state index in [2.05, 4.69) is 57.4 Å². The Kier molecular flexibility index (Phi) is 5.93. The van der Waals surface area contributed by atoms with E-state index in [-0.39, 0.29) is 0 Å². The lowest BCUT2D eigenvalue weighted by molar-refractivity contribution is 1.15. The van der Waals surface area contributed by atoms with Gasteiger partial charge >= 0.3 is 0 Å². The van der Waals surface area contributed by atoms with Crippen LogP contribution in [0.4, 0.5) is 0 Å². The van der Waals surface area contributed by atoms with E-state index < -0.39 is 0 Å². The zero-order valence-corrected chi connectivity index (χ0v) is 11.4. The van der Waals surface area contributed by atoms with E-state index in [4.69, 9.17) is 0 Å². The summed E-state index contributed by atoms with van der Waals surface area (Å²) in [5.74, 6) is 0. The van der Waals surface area contributed by atoms with Gasteiger partial charge in [-0.2, -0.15) is 0 Å². The van der Waals surface area contributed by atoms with Crippen LogP contribution < -0.4 is 0 Å². The number of allylic oxidation sites excluding steroid dienone is 5. The summed E-state index contributed by atoms with van der Waals surface area (Å²) in [6.45, 7) is 12.0. The van der Waals surface area contributed by atoms with Gasteiger partial charge in [-0.05, 0) is 35.1 Å². The van der Waals surface area contributed by atoms with Crippen molar-refractivity contribution in [3.8, 4) is 0 Å². The van der Waals surface area contributed by atoms with Crippen molar-refractivity contribution in [2.24, 2.45) is 0 Å². The molecule has 0 N–H and O–H groups in total. The van der Waals surface area contributed by atoms with Crippen molar-refractivity contribution in [2.75, 3.05) is 0 Å². The summed E-state index contributed by atoms with van der Waals surface area (Å²) in [5.41, 5.74) is 5.05. The molecule has 0 saturated carbocycles. The SMILES string of the molecule is C=C/C(=C\C=C(/CC)c1ccccc1C=C)CC. The quantitative estimate of drug-likeness (QED) is 0.562. The first-order chi connectivity index (χ1) is 8.76. The summed E-state index contributed by atoms with van der Waals surface area (Å²) in [6.07, 6.45) is 10.2. The lowest BCUT2D eigenvalue weighted by Gasteiger charge is -2.08. The fraction of sp³-hybridized carbons (Fsp3) is 0.222. The molecule has 0 aliphatic heterocycles. The van der Waals surface area contributed by atoms with Gasteiger partial charge < -0.3 is 0 Å². The largest absolute Gasteiger partial charge is 0.0988 e. The van der Waals surface area contributed by atoms with Gasteiger partial charge in [0.25, 0.3) is 0 Å². The van der Waals surface area contributed by atoms with Gasteiger partial charge in [0, 0.05) is 0 Å². The summed E-state index contributed by atoms with van der Waals surface area (Å²) < 4.78 is 0. The normalized spacial score (nSPS) is 12.3. The molecule has 0 heteroatoms. The van der Waals surface area contributed by atoms with E-state index in [0.717, 1.165) is 12.8 Å². The topological polar surface area (TPSA) is 0 Å². The van der Waals surface area contributed by atoms with Crippen LogP contribution in [0, 0.1) is 0 Å². The third-order valence-corrected chi connectivity index (χ3v) is 3.08. The summed E-state index contributed by atoms with van der Waals surface area (Å²) in [5, 5.41) is 0. The molecule has 0 radical (unpaired) electrons. The van der Waals surface area contributed by atoms with Crippen LogP contribution in [0.1, 0.15) is 37.8 Å². The van der Waals surface area contributed by atoms with Gasteiger partial charge in [0.2, 0.25) is 0 Å². The van der Waals surface area contributed by atoms with Gasteiger partial charge in [-0.15, -0.1) is 0 Å². The van der Waals surface area contributed by atoms with Crippen molar-refractivity contribution in [3.05, 3.63) is 72.4 Å². The predicted molar refractivity (Wildman–Crippen MR) is 83.4 cm³/mol. The fourth-order valence-corrected chi connectivity index (χ4v) is 1.90. The Morgan fingerprint density at radius 3 is 2.33 bits per heavy atom. The van der Waals surface area contributed by atoms with Crippen LogP contribution >= 0.6 is 0 Å². The van der Waals surface area contributed by atoms with Crippen LogP contribution in [0.3, 0.4) is 0 Å². The van der Waals surface area contributed by atoms with Gasteiger partial charge in [0.05, 0.1) is 0 Å². The molecule has 0 saturated heterocycles. The number of hydrogen-bond acceptors (Lipinski definition) is 0. The second kappa shape index (κ2) is 7.50. The molecule has 0 heterocycles. The molecular weight excluding hydrogens is 216 g/mol. The Bertz CT molecular complexity index is 473. The number of rotatable bonds is 6. The molecule has 1 aromatic rings. The van der Waals surface area contributed by atoms with Gasteiger partial charge in [0.15, 0.2) is 0 Å². The van der Waals surface area contributed by atoms with E-state index >= 15 is 0 Å². The molecule has 0 spiro atoms. The first-order valence-corrected chi connectivity index (χ1v) is 6.50. The van der Waals surface area contributed by atoms with Crippen molar-refractivity contribution < 1.29 is 0 Å². The molecule has 0 amide bonds. The monoisotopic (exact) mass is 238 g/mol. The van der Waals surface area contributed by atoms with Crippen molar-refractivity contribution in [1.82, 2.24) is 0 Å². The fourth-order valence-electron chi connectivity index (χ4n) is 1.90. The minimum atomic E-state index is 1.01. The first-order valence-electron chi connectivity index (χ1n) is 6.50. The third-order valence-electron chi connectivity index (χ3n) is 3.08. The summed E-state index contributed by atoms with van der Waals surface area (Å²) in [6, 6.07) is 8.37. The van der Waals surface area contributed by atoms with Crippen LogP contribution in [0.15, 0.2) is 61.2 Å². The maximum absolute atomic E-state index is 3.88. The molecular formula is C18H22. The highest BCUT2D eigenvalue weighted by molar-refractivity contribution is 5.74. The minimum absolute atomic E-state index is 1.01. The second-order valence-electron chi connectivity index (χ2n) is 4.14. The highest BCUT2D eigenvalue weighted by atomic mass is 14.1. The average Bonchev–Trinajstić information content (AvgIpc) is 2.44. The van der Waals surface area contributed by atoms with E-state index in [1.807, 2.05) is 18.2 Å². The van der Waals surface area contributed by atoms with Crippen molar-refractivity contribution in [3.63, 3.8) is 0 Å². The second-order valence-corrected chi connectivity index (χ2v) is 4.14. The van der Waals surface area contributed by atoms with Crippen LogP contribution in [0.2, 0.25) is 0 Å². The van der Waals surface area contributed by atoms with Gasteiger partial charge in [-0.3, -0.25) is 0 Å². The molecule has 94 valence electrons. The molecule has 0 aliphatic rings. The lowest BCUT2D eigenvalue weighted by Crippen LogP contribution is -1.87. The molecule has 0 aromatic heterocycles. The molecule has 0 nitrogen and oxygen atoms in total. The maximum atomic E-state index is 3.88. The Balaban J connectivity index is 3.17. The van der Waals surface area contributed by atoms with Crippen LogP contribution in [0.25, 0.3) is 11.6 Å². The minimum Gasteiger partial charge on any atom is -0.0988 e. The van der Waals surface area contributed by atoms with E-state index in [1.165, 1.54) is 22.3 Å². The summed E-state index contributed by atoms with van der Waals surface area (Å²) in [7, 11) is 0. The van der Waals surface area contributed by atoms with E-state index in [0.29, 0.717) is 0 Å². The van der Waals surface area contributed by atoms with Crippen molar-refractivity contribution in [1.29, 1.82) is 0 Å². The Morgan fingerprint density at radius 2 is 1.78 bits per heavy atom. The van der Waals surface area contributed by atoms with Gasteiger partial charge in [-0.1, -0.05) is 75.6 Å². The predicted octanol–water partition coefficient (Wildman–Crippen LogP) is 5.65. The number of benzene rings is 1. The van der Waals surface area contributed by atoms with Crippen molar-refractivity contribution in [2.45, 2.75) is 26.7 Å². The standard InChI is InChI=1S/C18H22/c1-5-15(6-2)13-14-17(8-4)18-12-10-9-11-16(18)7-3/h5,7,9-14H,1,3,6,8H2,2,4H3/b15-13+,17-14+. The molecule has 0 aliphatic carbocycles. The average molecular weight is 238 g/mol. The third kappa shape index (κ3) is 3.59. The smallest absolute Gasteiger partial charge is 0.0152 e. The van der Waals surface area contributed by atoms with Crippen LogP contribution in [0.5, 0.6) is 0 Å². The Labute approximate surface area is 111 Å². The molecule has 0 fully saturated rings. The van der Waals surface area contributed by atoms with E-state index in [1.54, 1.807) is 0 Å². The molecule has 1 rings (SSSR count).